The van der Waals surface area contributed by atoms with Gasteiger partial charge in [0.1, 0.15) is 0 Å². The summed E-state index contributed by atoms with van der Waals surface area (Å²) < 4.78 is 0. The van der Waals surface area contributed by atoms with Crippen LogP contribution in [0.2, 0.25) is 0 Å². The Balaban J connectivity index is 1.84. The molecule has 1 aliphatic rings. The van der Waals surface area contributed by atoms with Crippen LogP contribution in [-0.2, 0) is 17.9 Å². The highest BCUT2D eigenvalue weighted by atomic mass is 16.1. The van der Waals surface area contributed by atoms with E-state index >= 15 is 0 Å². The Morgan fingerprint density at radius 2 is 1.84 bits per heavy atom. The summed E-state index contributed by atoms with van der Waals surface area (Å²) >= 11 is 0. The maximum atomic E-state index is 12.4. The van der Waals surface area contributed by atoms with Crippen molar-refractivity contribution in [2.45, 2.75) is 59.2 Å². The van der Waals surface area contributed by atoms with Crippen LogP contribution in [0.5, 0.6) is 0 Å². The minimum absolute atomic E-state index is 0.179. The normalized spacial score (nSPS) is 17.0. The lowest BCUT2D eigenvalue weighted by Gasteiger charge is -2.28. The molecule has 1 unspecified atom stereocenters. The molecule has 2 N–H and O–H groups in total. The largest absolute Gasteiger partial charge is 0.352 e. The van der Waals surface area contributed by atoms with E-state index in [2.05, 4.69) is 67.6 Å². The molecule has 1 amide bonds. The van der Waals surface area contributed by atoms with Crippen LogP contribution in [0.4, 0.5) is 0 Å². The van der Waals surface area contributed by atoms with Gasteiger partial charge in [0.05, 0.1) is 0 Å². The van der Waals surface area contributed by atoms with Crippen molar-refractivity contribution in [2.75, 3.05) is 20.1 Å². The third kappa shape index (κ3) is 6.44. The first-order chi connectivity index (χ1) is 12.0. The number of hydrogen-bond donors (Lipinski definition) is 2. The predicted octanol–water partition coefficient (Wildman–Crippen LogP) is 3.17. The summed E-state index contributed by atoms with van der Waals surface area (Å²) in [4.78, 5) is 14.7. The molecule has 0 bridgehead atoms. The van der Waals surface area contributed by atoms with Gasteiger partial charge in [-0.25, -0.2) is 0 Å². The Morgan fingerprint density at radius 1 is 1.20 bits per heavy atom. The first-order valence-corrected chi connectivity index (χ1v) is 9.71. The fraction of sp³-hybridized carbons (Fsp3) is 0.667. The van der Waals surface area contributed by atoms with E-state index in [-0.39, 0.29) is 5.91 Å². The van der Waals surface area contributed by atoms with E-state index in [4.69, 9.17) is 0 Å². The maximum Gasteiger partial charge on any atom is 0.220 e. The van der Waals surface area contributed by atoms with Crippen molar-refractivity contribution < 1.29 is 4.79 Å². The molecular formula is C21H35N3O. The van der Waals surface area contributed by atoms with Gasteiger partial charge >= 0.3 is 0 Å². The predicted molar refractivity (Wildman–Crippen MR) is 104 cm³/mol. The van der Waals surface area contributed by atoms with Gasteiger partial charge in [0.25, 0.3) is 0 Å². The van der Waals surface area contributed by atoms with Crippen molar-refractivity contribution in [1.29, 1.82) is 0 Å². The van der Waals surface area contributed by atoms with E-state index in [1.54, 1.807) is 0 Å². The number of nitrogens with zero attached hydrogens (tertiary/aromatic N) is 1. The van der Waals surface area contributed by atoms with Crippen molar-refractivity contribution >= 4 is 5.91 Å². The van der Waals surface area contributed by atoms with Crippen LogP contribution >= 0.6 is 0 Å². The average molecular weight is 346 g/mol. The second-order valence-electron chi connectivity index (χ2n) is 7.82. The molecule has 1 atom stereocenters. The highest BCUT2D eigenvalue weighted by Crippen LogP contribution is 2.24. The molecular weight excluding hydrogens is 310 g/mol. The van der Waals surface area contributed by atoms with Crippen LogP contribution in [0.25, 0.3) is 0 Å². The zero-order valence-electron chi connectivity index (χ0n) is 16.3. The van der Waals surface area contributed by atoms with E-state index in [1.165, 1.54) is 24.0 Å². The summed E-state index contributed by atoms with van der Waals surface area (Å²) in [6, 6.07) is 8.93. The fourth-order valence-electron chi connectivity index (χ4n) is 3.47. The molecule has 2 rings (SSSR count). The van der Waals surface area contributed by atoms with Crippen molar-refractivity contribution in [3.8, 4) is 0 Å². The van der Waals surface area contributed by atoms with Crippen molar-refractivity contribution in [3.05, 3.63) is 35.4 Å². The minimum Gasteiger partial charge on any atom is -0.352 e. The fourth-order valence-corrected chi connectivity index (χ4v) is 3.47. The molecule has 1 aliphatic heterocycles. The number of carbonyl (C=O) groups is 1. The number of nitrogens with one attached hydrogen (secondary N) is 2. The number of carbonyl (C=O) groups excluding carboxylic acids is 1. The molecule has 1 saturated heterocycles. The van der Waals surface area contributed by atoms with Gasteiger partial charge in [-0.15, -0.1) is 0 Å². The number of piperidine rings is 1. The number of hydrogen-bond acceptors (Lipinski definition) is 3. The van der Waals surface area contributed by atoms with Crippen molar-refractivity contribution in [2.24, 2.45) is 11.8 Å². The molecule has 0 aliphatic carbocycles. The van der Waals surface area contributed by atoms with Gasteiger partial charge in [-0.05, 0) is 69.8 Å². The topological polar surface area (TPSA) is 44.4 Å². The molecule has 0 radical (unpaired) electrons. The van der Waals surface area contributed by atoms with E-state index in [0.29, 0.717) is 30.8 Å². The van der Waals surface area contributed by atoms with E-state index in [9.17, 15) is 4.79 Å². The van der Waals surface area contributed by atoms with E-state index in [0.717, 1.165) is 19.6 Å². The molecule has 0 aromatic heterocycles. The smallest absolute Gasteiger partial charge is 0.220 e. The Bertz CT molecular complexity index is 538. The number of benzene rings is 1. The second kappa shape index (κ2) is 9.93. The summed E-state index contributed by atoms with van der Waals surface area (Å²) in [5.74, 6) is 1.32. The van der Waals surface area contributed by atoms with Crippen LogP contribution < -0.4 is 10.6 Å². The molecule has 0 spiro atoms. The molecule has 4 nitrogen and oxygen atoms in total. The monoisotopic (exact) mass is 345 g/mol. The Kier molecular flexibility index (Phi) is 7.91. The van der Waals surface area contributed by atoms with Crippen molar-refractivity contribution in [1.82, 2.24) is 15.5 Å². The second-order valence-corrected chi connectivity index (χ2v) is 7.82. The Labute approximate surface area is 153 Å². The van der Waals surface area contributed by atoms with Crippen LogP contribution in [0.3, 0.4) is 0 Å². The van der Waals surface area contributed by atoms with Gasteiger partial charge in [-0.3, -0.25) is 9.69 Å². The lowest BCUT2D eigenvalue weighted by atomic mass is 9.84. The summed E-state index contributed by atoms with van der Waals surface area (Å²) in [5.41, 5.74) is 2.52. The summed E-state index contributed by atoms with van der Waals surface area (Å²) in [7, 11) is 2.14. The quantitative estimate of drug-likeness (QED) is 0.761. The Morgan fingerprint density at radius 3 is 2.48 bits per heavy atom. The van der Waals surface area contributed by atoms with Gasteiger partial charge in [0.2, 0.25) is 5.91 Å². The first-order valence-electron chi connectivity index (χ1n) is 9.71. The molecule has 1 aromatic rings. The van der Waals surface area contributed by atoms with Gasteiger partial charge < -0.3 is 10.6 Å². The van der Waals surface area contributed by atoms with Gasteiger partial charge in [0.15, 0.2) is 0 Å². The van der Waals surface area contributed by atoms with E-state index < -0.39 is 0 Å². The number of amides is 1. The third-order valence-corrected chi connectivity index (χ3v) is 5.59. The van der Waals surface area contributed by atoms with Gasteiger partial charge in [0, 0.05) is 25.6 Å². The first kappa shape index (κ1) is 19.9. The zero-order chi connectivity index (χ0) is 18.2. The van der Waals surface area contributed by atoms with Crippen molar-refractivity contribution in [3.63, 3.8) is 0 Å². The number of rotatable bonds is 8. The van der Waals surface area contributed by atoms with Gasteiger partial charge in [-0.2, -0.15) is 0 Å². The average Bonchev–Trinajstić information content (AvgIpc) is 2.61. The lowest BCUT2D eigenvalue weighted by Crippen LogP contribution is -2.33. The summed E-state index contributed by atoms with van der Waals surface area (Å²) in [5, 5.41) is 6.53. The van der Waals surface area contributed by atoms with Crippen LogP contribution in [0.1, 0.15) is 51.2 Å². The molecule has 1 fully saturated rings. The van der Waals surface area contributed by atoms with Crippen LogP contribution in [-0.4, -0.2) is 37.0 Å². The molecule has 140 valence electrons. The zero-order valence-corrected chi connectivity index (χ0v) is 16.3. The molecule has 25 heavy (non-hydrogen) atoms. The standard InChI is InChI=1S/C21H35N3O/c1-16(2)24(4)15-20-8-6-5-7-19(20)14-23-21(25)13-17(3)18-9-11-22-12-10-18/h5-8,16-18,22H,9-15H2,1-4H3,(H,23,25). The lowest BCUT2D eigenvalue weighted by molar-refractivity contribution is -0.122. The SMILES string of the molecule is CC(CC(=O)NCc1ccccc1CN(C)C(C)C)C1CCNCC1. The highest BCUT2D eigenvalue weighted by Gasteiger charge is 2.22. The van der Waals surface area contributed by atoms with Crippen LogP contribution in [0, 0.1) is 11.8 Å². The van der Waals surface area contributed by atoms with Crippen LogP contribution in [0.15, 0.2) is 24.3 Å². The minimum atomic E-state index is 0.179. The summed E-state index contributed by atoms with van der Waals surface area (Å²) in [6.45, 7) is 10.3. The van der Waals surface area contributed by atoms with E-state index in [1.807, 2.05) is 0 Å². The summed E-state index contributed by atoms with van der Waals surface area (Å²) in [6.07, 6.45) is 3.02. The van der Waals surface area contributed by atoms with Gasteiger partial charge in [-0.1, -0.05) is 31.2 Å². The highest BCUT2D eigenvalue weighted by molar-refractivity contribution is 5.76. The molecule has 1 heterocycles. The maximum absolute atomic E-state index is 12.4. The Hall–Kier alpha value is -1.39. The molecule has 1 aromatic carbocycles. The third-order valence-electron chi connectivity index (χ3n) is 5.59. The molecule has 0 saturated carbocycles. The molecule has 4 heteroatoms.